The summed E-state index contributed by atoms with van der Waals surface area (Å²) >= 11 is 0. The minimum absolute atomic E-state index is 0.222. The monoisotopic (exact) mass is 339 g/mol. The molecule has 2 heterocycles. The molecule has 3 aromatic rings. The fraction of sp³-hybridized carbons (Fsp3) is 0.158. The predicted octanol–water partition coefficient (Wildman–Crippen LogP) is 3.40. The molecule has 0 bridgehead atoms. The van der Waals surface area contributed by atoms with Crippen molar-refractivity contribution in [2.75, 3.05) is 11.9 Å². The molecule has 0 aliphatic heterocycles. The van der Waals surface area contributed by atoms with Crippen LogP contribution in [0.4, 0.5) is 10.2 Å². The molecule has 0 aliphatic rings. The number of nitrogens with zero attached hydrogens (tertiary/aromatic N) is 1. The Morgan fingerprint density at radius 1 is 1.16 bits per heavy atom. The van der Waals surface area contributed by atoms with E-state index >= 15 is 0 Å². The number of hydrogen-bond acceptors (Lipinski definition) is 4. The molecule has 5 nitrogen and oxygen atoms in total. The summed E-state index contributed by atoms with van der Waals surface area (Å²) in [5.41, 5.74) is 1.07. The summed E-state index contributed by atoms with van der Waals surface area (Å²) in [6, 6.07) is 13.5. The van der Waals surface area contributed by atoms with Crippen LogP contribution >= 0.6 is 0 Å². The van der Waals surface area contributed by atoms with Crippen molar-refractivity contribution in [3.63, 3.8) is 0 Å². The van der Waals surface area contributed by atoms with Gasteiger partial charge in [0.25, 0.3) is 5.91 Å². The van der Waals surface area contributed by atoms with Gasteiger partial charge in [-0.05, 0) is 42.3 Å². The van der Waals surface area contributed by atoms with E-state index in [1.807, 2.05) is 12.1 Å². The second-order valence-corrected chi connectivity index (χ2v) is 5.46. The van der Waals surface area contributed by atoms with Crippen LogP contribution in [0.5, 0.6) is 0 Å². The fourth-order valence-electron chi connectivity index (χ4n) is 2.37. The molecule has 1 amide bonds. The molecule has 3 rings (SSSR count). The van der Waals surface area contributed by atoms with E-state index in [2.05, 4.69) is 15.6 Å². The van der Waals surface area contributed by atoms with E-state index in [4.69, 9.17) is 4.42 Å². The highest BCUT2D eigenvalue weighted by atomic mass is 19.1. The lowest BCUT2D eigenvalue weighted by molar-refractivity contribution is 0.0954. The summed E-state index contributed by atoms with van der Waals surface area (Å²) in [6.45, 7) is 0.843. The smallest absolute Gasteiger partial charge is 0.251 e. The van der Waals surface area contributed by atoms with Crippen molar-refractivity contribution in [3.8, 4) is 0 Å². The Kier molecular flexibility index (Phi) is 5.41. The van der Waals surface area contributed by atoms with Crippen LogP contribution in [-0.4, -0.2) is 17.4 Å². The standard InChI is InChI=1S/C19H18FN3O2/c20-17-6-2-1-4-14(17)7-10-22-19(24)15-8-9-21-18(12-15)23-13-16-5-3-11-25-16/h1-6,8-9,11-12H,7,10,13H2,(H,21,23)(H,22,24). The number of anilines is 1. The first kappa shape index (κ1) is 16.7. The van der Waals surface area contributed by atoms with Crippen molar-refractivity contribution in [2.45, 2.75) is 13.0 Å². The third kappa shape index (κ3) is 4.67. The molecule has 6 heteroatoms. The van der Waals surface area contributed by atoms with Crippen LogP contribution in [-0.2, 0) is 13.0 Å². The van der Waals surface area contributed by atoms with Gasteiger partial charge in [0, 0.05) is 18.3 Å². The highest BCUT2D eigenvalue weighted by Gasteiger charge is 2.08. The van der Waals surface area contributed by atoms with Crippen LogP contribution in [0.3, 0.4) is 0 Å². The molecular formula is C19H18FN3O2. The van der Waals surface area contributed by atoms with E-state index < -0.39 is 0 Å². The molecular weight excluding hydrogens is 321 g/mol. The normalized spacial score (nSPS) is 10.4. The molecule has 0 spiro atoms. The van der Waals surface area contributed by atoms with Crippen LogP contribution in [0, 0.1) is 5.82 Å². The first-order valence-electron chi connectivity index (χ1n) is 7.96. The molecule has 2 N–H and O–H groups in total. The number of aromatic nitrogens is 1. The highest BCUT2D eigenvalue weighted by Crippen LogP contribution is 2.10. The van der Waals surface area contributed by atoms with Crippen molar-refractivity contribution in [2.24, 2.45) is 0 Å². The second-order valence-electron chi connectivity index (χ2n) is 5.46. The molecule has 0 aliphatic carbocycles. The van der Waals surface area contributed by atoms with E-state index in [1.165, 1.54) is 6.07 Å². The maximum absolute atomic E-state index is 13.6. The molecule has 1 aromatic carbocycles. The minimum Gasteiger partial charge on any atom is -0.467 e. The highest BCUT2D eigenvalue weighted by molar-refractivity contribution is 5.94. The van der Waals surface area contributed by atoms with E-state index in [-0.39, 0.29) is 11.7 Å². The lowest BCUT2D eigenvalue weighted by Gasteiger charge is -2.08. The zero-order chi connectivity index (χ0) is 17.5. The minimum atomic E-state index is -0.259. The summed E-state index contributed by atoms with van der Waals surface area (Å²) < 4.78 is 18.8. The Morgan fingerprint density at radius 3 is 2.84 bits per heavy atom. The molecule has 0 unspecified atom stereocenters. The third-order valence-electron chi connectivity index (χ3n) is 3.68. The molecule has 25 heavy (non-hydrogen) atoms. The topological polar surface area (TPSA) is 67.2 Å². The molecule has 128 valence electrons. The van der Waals surface area contributed by atoms with Crippen LogP contribution < -0.4 is 10.6 Å². The SMILES string of the molecule is O=C(NCCc1ccccc1F)c1ccnc(NCc2ccco2)c1. The summed E-state index contributed by atoms with van der Waals surface area (Å²) in [5.74, 6) is 0.879. The molecule has 0 saturated carbocycles. The van der Waals surface area contributed by atoms with Crippen molar-refractivity contribution in [1.29, 1.82) is 0 Å². The zero-order valence-electron chi connectivity index (χ0n) is 13.5. The van der Waals surface area contributed by atoms with Crippen LogP contribution in [0.1, 0.15) is 21.7 Å². The Bertz CT molecular complexity index is 834. The van der Waals surface area contributed by atoms with Crippen LogP contribution in [0.2, 0.25) is 0 Å². The number of nitrogens with one attached hydrogen (secondary N) is 2. The van der Waals surface area contributed by atoms with Gasteiger partial charge < -0.3 is 15.1 Å². The van der Waals surface area contributed by atoms with Crippen LogP contribution in [0.15, 0.2) is 65.4 Å². The number of pyridine rings is 1. The summed E-state index contributed by atoms with van der Waals surface area (Å²) in [5, 5.41) is 5.89. The van der Waals surface area contributed by atoms with Crippen LogP contribution in [0.25, 0.3) is 0 Å². The Labute approximate surface area is 144 Å². The number of rotatable bonds is 7. The van der Waals surface area contributed by atoms with Gasteiger partial charge in [-0.1, -0.05) is 18.2 Å². The summed E-state index contributed by atoms with van der Waals surface area (Å²) in [7, 11) is 0. The van der Waals surface area contributed by atoms with Crippen molar-refractivity contribution in [3.05, 3.63) is 83.7 Å². The third-order valence-corrected chi connectivity index (χ3v) is 3.68. The quantitative estimate of drug-likeness (QED) is 0.692. The van der Waals surface area contributed by atoms with Gasteiger partial charge in [0.2, 0.25) is 0 Å². The van der Waals surface area contributed by atoms with Crippen molar-refractivity contribution in [1.82, 2.24) is 10.3 Å². The number of furan rings is 1. The lowest BCUT2D eigenvalue weighted by Crippen LogP contribution is -2.26. The first-order chi connectivity index (χ1) is 12.2. The number of amides is 1. The molecule has 0 saturated heterocycles. The van der Waals surface area contributed by atoms with Crippen molar-refractivity contribution < 1.29 is 13.6 Å². The molecule has 0 atom stereocenters. The maximum atomic E-state index is 13.6. The van der Waals surface area contributed by atoms with Gasteiger partial charge in [0.05, 0.1) is 12.8 Å². The van der Waals surface area contributed by atoms with Gasteiger partial charge in [-0.3, -0.25) is 4.79 Å². The molecule has 0 radical (unpaired) electrons. The fourth-order valence-corrected chi connectivity index (χ4v) is 2.37. The summed E-state index contributed by atoms with van der Waals surface area (Å²) in [4.78, 5) is 16.4. The molecule has 2 aromatic heterocycles. The Morgan fingerprint density at radius 2 is 2.04 bits per heavy atom. The van der Waals surface area contributed by atoms with E-state index in [0.29, 0.717) is 36.5 Å². The number of carbonyl (C=O) groups excluding carboxylic acids is 1. The maximum Gasteiger partial charge on any atom is 0.251 e. The summed E-state index contributed by atoms with van der Waals surface area (Å²) in [6.07, 6.45) is 3.60. The lowest BCUT2D eigenvalue weighted by atomic mass is 10.1. The zero-order valence-corrected chi connectivity index (χ0v) is 13.5. The van der Waals surface area contributed by atoms with Crippen molar-refractivity contribution >= 4 is 11.7 Å². The number of hydrogen-bond donors (Lipinski definition) is 2. The van der Waals surface area contributed by atoms with Gasteiger partial charge in [0.1, 0.15) is 17.4 Å². The van der Waals surface area contributed by atoms with E-state index in [1.54, 1.807) is 42.8 Å². The second kappa shape index (κ2) is 8.10. The van der Waals surface area contributed by atoms with Gasteiger partial charge in [-0.25, -0.2) is 9.37 Å². The average Bonchev–Trinajstić information content (AvgIpc) is 3.15. The molecule has 0 fully saturated rings. The Balaban J connectivity index is 1.53. The van der Waals surface area contributed by atoms with Gasteiger partial charge in [-0.2, -0.15) is 0 Å². The number of halogens is 1. The van der Waals surface area contributed by atoms with E-state index in [0.717, 1.165) is 5.76 Å². The Hall–Kier alpha value is -3.15. The van der Waals surface area contributed by atoms with Gasteiger partial charge >= 0.3 is 0 Å². The number of carbonyl (C=O) groups is 1. The van der Waals surface area contributed by atoms with Gasteiger partial charge in [-0.15, -0.1) is 0 Å². The number of benzene rings is 1. The largest absolute Gasteiger partial charge is 0.467 e. The van der Waals surface area contributed by atoms with Gasteiger partial charge in [0.15, 0.2) is 0 Å². The first-order valence-corrected chi connectivity index (χ1v) is 7.96. The average molecular weight is 339 g/mol. The predicted molar refractivity (Wildman–Crippen MR) is 92.7 cm³/mol. The van der Waals surface area contributed by atoms with E-state index in [9.17, 15) is 9.18 Å².